The Morgan fingerprint density at radius 3 is 2.60 bits per heavy atom. The van der Waals surface area contributed by atoms with E-state index < -0.39 is 28.5 Å². The summed E-state index contributed by atoms with van der Waals surface area (Å²) in [6.07, 6.45) is 3.10. The molecular weight excluding hydrogens is 354 g/mol. The monoisotopic (exact) mass is 375 g/mol. The number of amides is 3. The van der Waals surface area contributed by atoms with Gasteiger partial charge in [0, 0.05) is 12.6 Å². The lowest BCUT2D eigenvalue weighted by molar-refractivity contribution is -0.121. The molecule has 1 saturated carbocycles. The van der Waals surface area contributed by atoms with Crippen LogP contribution < -0.4 is 11.5 Å². The van der Waals surface area contributed by atoms with Gasteiger partial charge in [-0.15, -0.1) is 4.28 Å². The van der Waals surface area contributed by atoms with E-state index in [1.165, 1.54) is 4.90 Å². The van der Waals surface area contributed by atoms with E-state index in [-0.39, 0.29) is 30.2 Å². The normalized spacial score (nSPS) is 33.2. The Hall–Kier alpha value is -1.76. The number of piperidine rings is 1. The summed E-state index contributed by atoms with van der Waals surface area (Å²) < 4.78 is 34.9. The fourth-order valence-electron chi connectivity index (χ4n) is 3.72. The van der Waals surface area contributed by atoms with Crippen molar-refractivity contribution in [3.8, 4) is 0 Å². The topological polar surface area (TPSA) is 169 Å². The highest BCUT2D eigenvalue weighted by molar-refractivity contribution is 7.80. The first-order chi connectivity index (χ1) is 11.7. The first kappa shape index (κ1) is 18.0. The fourth-order valence-corrected chi connectivity index (χ4v) is 4.11. The number of amidine groups is 1. The van der Waals surface area contributed by atoms with Crippen molar-refractivity contribution in [3.05, 3.63) is 0 Å². The molecule has 3 amide bonds. The van der Waals surface area contributed by atoms with Gasteiger partial charge >= 0.3 is 16.4 Å². The second-order valence-corrected chi connectivity index (χ2v) is 7.59. The van der Waals surface area contributed by atoms with E-state index in [1.54, 1.807) is 0 Å². The number of hydroxylamine groups is 2. The van der Waals surface area contributed by atoms with Crippen molar-refractivity contribution in [3.63, 3.8) is 0 Å². The van der Waals surface area contributed by atoms with Crippen molar-refractivity contribution in [2.24, 2.45) is 22.4 Å². The molecule has 12 heteroatoms. The number of rotatable bonds is 4. The van der Waals surface area contributed by atoms with Gasteiger partial charge in [-0.3, -0.25) is 9.35 Å². The van der Waals surface area contributed by atoms with Crippen LogP contribution in [0.25, 0.3) is 0 Å². The van der Waals surface area contributed by atoms with Crippen LogP contribution in [0.4, 0.5) is 4.79 Å². The third-order valence-electron chi connectivity index (χ3n) is 4.96. The predicted molar refractivity (Wildman–Crippen MR) is 85.3 cm³/mol. The van der Waals surface area contributed by atoms with Crippen LogP contribution in [0.1, 0.15) is 32.1 Å². The van der Waals surface area contributed by atoms with Crippen molar-refractivity contribution in [1.82, 2.24) is 9.96 Å². The summed E-state index contributed by atoms with van der Waals surface area (Å²) >= 11 is 0. The molecule has 25 heavy (non-hydrogen) atoms. The van der Waals surface area contributed by atoms with Crippen molar-refractivity contribution in [2.75, 3.05) is 6.54 Å². The van der Waals surface area contributed by atoms with Crippen LogP contribution in [0, 0.1) is 5.92 Å². The van der Waals surface area contributed by atoms with Crippen LogP contribution in [-0.2, 0) is 19.5 Å². The van der Waals surface area contributed by atoms with Gasteiger partial charge in [0.15, 0.2) is 0 Å². The lowest BCUT2D eigenvalue weighted by Gasteiger charge is -2.29. The van der Waals surface area contributed by atoms with E-state index >= 15 is 0 Å². The highest BCUT2D eigenvalue weighted by Gasteiger charge is 2.48. The first-order valence-corrected chi connectivity index (χ1v) is 9.44. The summed E-state index contributed by atoms with van der Waals surface area (Å²) in [6, 6.07) is -2.11. The third-order valence-corrected chi connectivity index (χ3v) is 5.31. The van der Waals surface area contributed by atoms with Crippen molar-refractivity contribution < 1.29 is 26.8 Å². The highest BCUT2D eigenvalue weighted by atomic mass is 32.3. The first-order valence-electron chi connectivity index (χ1n) is 8.07. The second kappa shape index (κ2) is 6.52. The van der Waals surface area contributed by atoms with E-state index in [0.29, 0.717) is 24.3 Å². The number of hydrogen-bond donors (Lipinski definition) is 3. The maximum atomic E-state index is 12.3. The molecule has 11 nitrogen and oxygen atoms in total. The lowest BCUT2D eigenvalue weighted by Crippen LogP contribution is -2.48. The molecule has 2 unspecified atom stereocenters. The van der Waals surface area contributed by atoms with Crippen molar-refractivity contribution in [1.29, 1.82) is 0 Å². The van der Waals surface area contributed by atoms with Gasteiger partial charge in [-0.05, 0) is 25.7 Å². The minimum absolute atomic E-state index is 0.00426. The van der Waals surface area contributed by atoms with Gasteiger partial charge in [0.05, 0.1) is 18.0 Å². The second-order valence-electron chi connectivity index (χ2n) is 6.59. The quantitative estimate of drug-likeness (QED) is 0.319. The molecule has 3 aliphatic rings. The number of carbonyl (C=O) groups excluding carboxylic acids is 2. The Labute approximate surface area is 144 Å². The predicted octanol–water partition coefficient (Wildman–Crippen LogP) is -0.999. The Morgan fingerprint density at radius 2 is 2.00 bits per heavy atom. The molecule has 0 radical (unpaired) electrons. The highest BCUT2D eigenvalue weighted by Crippen LogP contribution is 2.31. The average molecular weight is 375 g/mol. The van der Waals surface area contributed by atoms with Gasteiger partial charge in [-0.25, -0.2) is 4.79 Å². The molecule has 140 valence electrons. The molecule has 4 atom stereocenters. The molecule has 2 bridgehead atoms. The van der Waals surface area contributed by atoms with Crippen LogP contribution in [0.15, 0.2) is 4.99 Å². The number of carbonyl (C=O) groups is 2. The number of urea groups is 1. The Kier molecular flexibility index (Phi) is 4.70. The van der Waals surface area contributed by atoms with Crippen LogP contribution in [0.3, 0.4) is 0 Å². The van der Waals surface area contributed by atoms with Gasteiger partial charge in [0.2, 0.25) is 0 Å². The van der Waals surface area contributed by atoms with Gasteiger partial charge in [0.1, 0.15) is 5.84 Å². The molecule has 0 spiro atoms. The largest absolute Gasteiger partial charge is 0.418 e. The van der Waals surface area contributed by atoms with Gasteiger partial charge < -0.3 is 16.4 Å². The maximum Gasteiger partial charge on any atom is 0.418 e. The maximum absolute atomic E-state index is 12.3. The summed E-state index contributed by atoms with van der Waals surface area (Å²) in [5.41, 5.74) is 11.8. The Morgan fingerprint density at radius 1 is 1.28 bits per heavy atom. The minimum Gasteiger partial charge on any atom is -0.385 e. The lowest BCUT2D eigenvalue weighted by atomic mass is 9.99. The van der Waals surface area contributed by atoms with Crippen molar-refractivity contribution in [2.45, 2.75) is 50.2 Å². The molecule has 1 aliphatic carbocycles. The average Bonchev–Trinajstić information content (AvgIpc) is 3.04. The fraction of sp³-hybridized carbons (Fsp3) is 0.769. The molecule has 2 heterocycles. The summed E-state index contributed by atoms with van der Waals surface area (Å²) in [5, 5.41) is 0.622. The number of hydrogen-bond acceptors (Lipinski definition) is 6. The van der Waals surface area contributed by atoms with Crippen LogP contribution in [0.2, 0.25) is 0 Å². The standard InChI is InChI=1S/C13H21N5O6S/c14-9-3-1-2-8(9)12(19)16-11(15)10-5-4-7-6-17(10)13(20)18(7)24-25(21,22)23/h7-10H,1-6,14H2,(H2,15,16,19)(H,21,22,23)/t7-,8?,9?,10+/m1/s1. The van der Waals surface area contributed by atoms with E-state index in [9.17, 15) is 18.0 Å². The van der Waals surface area contributed by atoms with Gasteiger partial charge in [-0.2, -0.15) is 18.5 Å². The molecule has 2 saturated heterocycles. The van der Waals surface area contributed by atoms with E-state index in [2.05, 4.69) is 9.28 Å². The van der Waals surface area contributed by atoms with Crippen LogP contribution >= 0.6 is 0 Å². The number of aliphatic imine (C=N–C) groups is 1. The van der Waals surface area contributed by atoms with Crippen LogP contribution in [-0.4, -0.2) is 65.4 Å². The Bertz CT molecular complexity index is 710. The molecule has 0 aromatic heterocycles. The molecule has 5 N–H and O–H groups in total. The molecule has 3 fully saturated rings. The molecular formula is C13H21N5O6S. The van der Waals surface area contributed by atoms with Crippen LogP contribution in [0.5, 0.6) is 0 Å². The molecule has 0 aromatic rings. The van der Waals surface area contributed by atoms with Gasteiger partial charge in [0.25, 0.3) is 5.91 Å². The molecule has 2 aliphatic heterocycles. The summed E-state index contributed by atoms with van der Waals surface area (Å²) in [4.78, 5) is 29.8. The van der Waals surface area contributed by atoms with Gasteiger partial charge in [-0.1, -0.05) is 6.42 Å². The number of nitrogens with zero attached hydrogens (tertiary/aromatic N) is 3. The number of fused-ring (bicyclic) bond motifs is 2. The zero-order chi connectivity index (χ0) is 18.4. The third kappa shape index (κ3) is 3.61. The zero-order valence-corrected chi connectivity index (χ0v) is 14.3. The Balaban J connectivity index is 1.73. The number of nitrogens with two attached hydrogens (primary N) is 2. The molecule has 3 rings (SSSR count). The van der Waals surface area contributed by atoms with E-state index in [4.69, 9.17) is 16.0 Å². The summed E-state index contributed by atoms with van der Waals surface area (Å²) in [7, 11) is -4.80. The summed E-state index contributed by atoms with van der Waals surface area (Å²) in [6.45, 7) is 0.173. The minimum atomic E-state index is -4.80. The zero-order valence-electron chi connectivity index (χ0n) is 13.4. The summed E-state index contributed by atoms with van der Waals surface area (Å²) in [5.74, 6) is -0.740. The SMILES string of the molecule is NC(=NC(=O)C1CCCC1N)[C@@H]1CC[C@@H]2CN1C(=O)N2OS(=O)(=O)O. The van der Waals surface area contributed by atoms with E-state index in [1.807, 2.05) is 0 Å². The van der Waals surface area contributed by atoms with E-state index in [0.717, 1.165) is 12.8 Å². The molecule has 0 aromatic carbocycles. The van der Waals surface area contributed by atoms with Crippen molar-refractivity contribution >= 4 is 28.2 Å². The smallest absolute Gasteiger partial charge is 0.385 e.